The first-order chi connectivity index (χ1) is 13.5. The number of carbonyl (C=O) groups is 1. The van der Waals surface area contributed by atoms with Gasteiger partial charge in [-0.05, 0) is 18.8 Å². The molecule has 3 heterocycles. The van der Waals surface area contributed by atoms with Crippen LogP contribution in [-0.2, 0) is 0 Å². The van der Waals surface area contributed by atoms with Gasteiger partial charge in [0.1, 0.15) is 36.5 Å². The topological polar surface area (TPSA) is 94.7 Å². The van der Waals surface area contributed by atoms with Crippen LogP contribution in [0.3, 0.4) is 0 Å². The van der Waals surface area contributed by atoms with Crippen molar-refractivity contribution in [2.24, 2.45) is 11.0 Å². The van der Waals surface area contributed by atoms with Crippen LogP contribution in [0.1, 0.15) is 31.4 Å². The van der Waals surface area contributed by atoms with E-state index in [-0.39, 0.29) is 54.9 Å². The van der Waals surface area contributed by atoms with Crippen molar-refractivity contribution in [3.05, 3.63) is 18.1 Å². The Morgan fingerprint density at radius 3 is 2.68 bits per heavy atom. The number of hydrogen-bond donors (Lipinski definition) is 0. The average molecular weight is 390 g/mol. The lowest BCUT2D eigenvalue weighted by Gasteiger charge is -2.42. The third-order valence-electron chi connectivity index (χ3n) is 5.40. The lowest BCUT2D eigenvalue weighted by molar-refractivity contribution is 0.0148. The largest absolute Gasteiger partial charge is 0.470 e. The lowest BCUT2D eigenvalue weighted by atomic mass is 9.81. The summed E-state index contributed by atoms with van der Waals surface area (Å²) < 4.78 is 33.2. The van der Waals surface area contributed by atoms with Crippen molar-refractivity contribution in [2.75, 3.05) is 13.1 Å². The summed E-state index contributed by atoms with van der Waals surface area (Å²) in [6.07, 6.45) is 1.29. The molecule has 3 unspecified atom stereocenters. The van der Waals surface area contributed by atoms with Crippen LogP contribution in [0, 0.1) is 17.2 Å². The second-order valence-corrected chi connectivity index (χ2v) is 7.39. The summed E-state index contributed by atoms with van der Waals surface area (Å²) in [5.74, 6) is 0.0508. The molecule has 2 amide bonds. The Morgan fingerprint density at radius 1 is 1.21 bits per heavy atom. The predicted molar refractivity (Wildman–Crippen MR) is 94.0 cm³/mol. The van der Waals surface area contributed by atoms with Crippen molar-refractivity contribution in [1.29, 1.82) is 5.26 Å². The first-order valence-corrected chi connectivity index (χ1v) is 9.31. The first kappa shape index (κ1) is 18.5. The van der Waals surface area contributed by atoms with E-state index in [1.54, 1.807) is 11.1 Å². The van der Waals surface area contributed by atoms with Gasteiger partial charge in [0, 0.05) is 25.1 Å². The molecule has 3 atom stereocenters. The molecule has 1 aliphatic carbocycles. The summed E-state index contributed by atoms with van der Waals surface area (Å²) in [5.41, 5.74) is 0.205. The van der Waals surface area contributed by atoms with Crippen molar-refractivity contribution in [2.45, 2.75) is 50.2 Å². The number of alkyl halides is 2. The standard InChI is InChI=1S/C18H20F2N6O2/c19-12-3-11(4-13(20)5-12)16-1-2-24-26(16)18(27)25-8-15(9-25)28-17-6-14(7-21)22-10-23-17/h2,6,10-13,15-16H,1,3-5,8-9H2. The summed E-state index contributed by atoms with van der Waals surface area (Å²) in [6, 6.07) is 2.77. The zero-order chi connectivity index (χ0) is 19.7. The number of nitriles is 1. The molecular formula is C18H20F2N6O2. The quantitative estimate of drug-likeness (QED) is 0.787. The number of aromatic nitrogens is 2. The molecule has 1 aromatic heterocycles. The SMILES string of the molecule is N#Cc1cc(OC2CN(C(=O)N3N=CCC3C3CC(F)CC(F)C3)C2)ncn1. The summed E-state index contributed by atoms with van der Waals surface area (Å²) in [7, 11) is 0. The van der Waals surface area contributed by atoms with E-state index in [4.69, 9.17) is 10.00 Å². The Labute approximate surface area is 160 Å². The van der Waals surface area contributed by atoms with Crippen LogP contribution < -0.4 is 4.74 Å². The highest BCUT2D eigenvalue weighted by Gasteiger charge is 2.43. The van der Waals surface area contributed by atoms with Gasteiger partial charge >= 0.3 is 6.03 Å². The van der Waals surface area contributed by atoms with E-state index in [9.17, 15) is 13.6 Å². The van der Waals surface area contributed by atoms with E-state index >= 15 is 0 Å². The van der Waals surface area contributed by atoms with Gasteiger partial charge in [-0.15, -0.1) is 0 Å². The van der Waals surface area contributed by atoms with Crippen molar-refractivity contribution in [1.82, 2.24) is 19.9 Å². The zero-order valence-corrected chi connectivity index (χ0v) is 15.1. The van der Waals surface area contributed by atoms with Crippen molar-refractivity contribution < 1.29 is 18.3 Å². The molecule has 0 radical (unpaired) electrons. The van der Waals surface area contributed by atoms with Gasteiger partial charge in [0.05, 0.1) is 19.1 Å². The Bertz CT molecular complexity index is 800. The Kier molecular flexibility index (Phi) is 5.07. The number of ether oxygens (including phenoxy) is 1. The van der Waals surface area contributed by atoms with Crippen LogP contribution in [0.15, 0.2) is 17.5 Å². The lowest BCUT2D eigenvalue weighted by Crippen LogP contribution is -2.60. The minimum absolute atomic E-state index is 0.0558. The number of nitrogens with zero attached hydrogens (tertiary/aromatic N) is 6. The zero-order valence-electron chi connectivity index (χ0n) is 15.1. The third-order valence-corrected chi connectivity index (χ3v) is 5.40. The maximum absolute atomic E-state index is 13.8. The Hall–Kier alpha value is -2.83. The highest BCUT2D eigenvalue weighted by molar-refractivity contribution is 5.79. The Morgan fingerprint density at radius 2 is 1.96 bits per heavy atom. The second-order valence-electron chi connectivity index (χ2n) is 7.39. The second kappa shape index (κ2) is 7.66. The maximum Gasteiger partial charge on any atom is 0.340 e. The van der Waals surface area contributed by atoms with Crippen molar-refractivity contribution >= 4 is 12.2 Å². The smallest absolute Gasteiger partial charge is 0.340 e. The molecule has 1 aromatic rings. The van der Waals surface area contributed by atoms with E-state index in [1.165, 1.54) is 17.4 Å². The minimum Gasteiger partial charge on any atom is -0.470 e. The number of amides is 2. The van der Waals surface area contributed by atoms with Crippen molar-refractivity contribution in [3.63, 3.8) is 0 Å². The maximum atomic E-state index is 13.8. The number of urea groups is 1. The summed E-state index contributed by atoms with van der Waals surface area (Å²) >= 11 is 0. The molecule has 3 aliphatic rings. The van der Waals surface area contributed by atoms with Crippen LogP contribution in [0.25, 0.3) is 0 Å². The average Bonchev–Trinajstić information content (AvgIpc) is 3.13. The number of hydrogen-bond acceptors (Lipinski definition) is 6. The molecular weight excluding hydrogens is 370 g/mol. The van der Waals surface area contributed by atoms with Gasteiger partial charge < -0.3 is 9.64 Å². The normalized spacial score (nSPS) is 30.0. The fourth-order valence-electron chi connectivity index (χ4n) is 4.00. The molecule has 2 aliphatic heterocycles. The number of halogens is 2. The summed E-state index contributed by atoms with van der Waals surface area (Å²) in [6.45, 7) is 0.706. The highest BCUT2D eigenvalue weighted by Crippen LogP contribution is 2.36. The van der Waals surface area contributed by atoms with Gasteiger partial charge in [0.2, 0.25) is 5.88 Å². The molecule has 0 N–H and O–H groups in total. The molecule has 1 saturated carbocycles. The molecule has 4 rings (SSSR count). The summed E-state index contributed by atoms with van der Waals surface area (Å²) in [5, 5.41) is 14.4. The number of rotatable bonds is 3. The molecule has 8 nitrogen and oxygen atoms in total. The van der Waals surface area contributed by atoms with Crippen LogP contribution in [0.4, 0.5) is 13.6 Å². The molecule has 148 valence electrons. The van der Waals surface area contributed by atoms with Crippen LogP contribution in [0.5, 0.6) is 5.88 Å². The van der Waals surface area contributed by atoms with Crippen LogP contribution in [-0.4, -0.2) is 69.7 Å². The monoisotopic (exact) mass is 390 g/mol. The van der Waals surface area contributed by atoms with Gasteiger partial charge in [-0.3, -0.25) is 0 Å². The van der Waals surface area contributed by atoms with Gasteiger partial charge in [-0.2, -0.15) is 10.4 Å². The van der Waals surface area contributed by atoms with Gasteiger partial charge in [0.25, 0.3) is 0 Å². The van der Waals surface area contributed by atoms with Crippen molar-refractivity contribution in [3.8, 4) is 11.9 Å². The minimum atomic E-state index is -1.17. The number of hydrazone groups is 1. The van der Waals surface area contributed by atoms with Gasteiger partial charge in [-0.1, -0.05) is 0 Å². The Balaban J connectivity index is 1.32. The number of likely N-dealkylation sites (tertiary alicyclic amines) is 1. The van der Waals surface area contributed by atoms with E-state index in [1.807, 2.05) is 6.07 Å². The van der Waals surface area contributed by atoms with E-state index < -0.39 is 12.3 Å². The van der Waals surface area contributed by atoms with Crippen LogP contribution >= 0.6 is 0 Å². The fourth-order valence-corrected chi connectivity index (χ4v) is 4.00. The van der Waals surface area contributed by atoms with E-state index in [2.05, 4.69) is 15.1 Å². The third kappa shape index (κ3) is 3.74. The summed E-state index contributed by atoms with van der Waals surface area (Å²) in [4.78, 5) is 22.1. The fraction of sp³-hybridized carbons (Fsp3) is 0.611. The molecule has 28 heavy (non-hydrogen) atoms. The molecule has 0 spiro atoms. The molecule has 10 heteroatoms. The molecule has 1 saturated heterocycles. The number of carbonyl (C=O) groups excluding carboxylic acids is 1. The molecule has 0 bridgehead atoms. The molecule has 2 fully saturated rings. The van der Waals surface area contributed by atoms with E-state index in [0.717, 1.165) is 0 Å². The van der Waals surface area contributed by atoms with Gasteiger partial charge in [0.15, 0.2) is 0 Å². The van der Waals surface area contributed by atoms with Crippen LogP contribution in [0.2, 0.25) is 0 Å². The van der Waals surface area contributed by atoms with Gasteiger partial charge in [-0.25, -0.2) is 28.6 Å². The predicted octanol–water partition coefficient (Wildman–Crippen LogP) is 2.07. The molecule has 0 aromatic carbocycles. The van der Waals surface area contributed by atoms with E-state index in [0.29, 0.717) is 19.5 Å². The first-order valence-electron chi connectivity index (χ1n) is 9.31. The highest BCUT2D eigenvalue weighted by atomic mass is 19.1.